The van der Waals surface area contributed by atoms with E-state index in [4.69, 9.17) is 14.6 Å². The minimum atomic E-state index is 0.727. The Labute approximate surface area is 126 Å². The van der Waals surface area contributed by atoms with Crippen LogP contribution in [0.15, 0.2) is 25.4 Å². The molecule has 0 aliphatic carbocycles. The molecule has 2 N–H and O–H groups in total. The molecule has 0 radical (unpaired) electrons. The number of aryl methyl sites for hydroxylation is 3. The first-order valence-corrected chi connectivity index (χ1v) is 7.71. The number of rotatable bonds is 4. The molecule has 106 valence electrons. The van der Waals surface area contributed by atoms with Gasteiger partial charge in [-0.15, -0.1) is 0 Å². The molecule has 0 atom stereocenters. The predicted molar refractivity (Wildman–Crippen MR) is 85.2 cm³/mol. The van der Waals surface area contributed by atoms with Crippen LogP contribution in [0.5, 0.6) is 0 Å². The van der Waals surface area contributed by atoms with Gasteiger partial charge in [-0.1, -0.05) is 0 Å². The van der Waals surface area contributed by atoms with Crippen LogP contribution in [-0.4, -0.2) is 6.54 Å². The number of fused-ring (bicyclic) bond motifs is 2. The van der Waals surface area contributed by atoms with E-state index in [9.17, 15) is 0 Å². The fraction of sp³-hybridized carbons (Fsp3) is 0.375. The molecule has 1 aromatic carbocycles. The average Bonchev–Trinajstić information content (AvgIpc) is 2.97. The highest BCUT2D eigenvalue weighted by molar-refractivity contribution is 9.10. The molecule has 3 rings (SSSR count). The molecule has 0 amide bonds. The van der Waals surface area contributed by atoms with Gasteiger partial charge in [0.2, 0.25) is 0 Å². The van der Waals surface area contributed by atoms with E-state index in [2.05, 4.69) is 28.1 Å². The van der Waals surface area contributed by atoms with Gasteiger partial charge in [0.25, 0.3) is 0 Å². The highest BCUT2D eigenvalue weighted by atomic mass is 79.9. The minimum Gasteiger partial charge on any atom is -0.461 e. The van der Waals surface area contributed by atoms with Gasteiger partial charge in [0, 0.05) is 16.3 Å². The SMILES string of the molecule is Cc1cc2c(CCCCN)c3oc(C)cc3c(Br)c2o1. The summed E-state index contributed by atoms with van der Waals surface area (Å²) >= 11 is 3.65. The van der Waals surface area contributed by atoms with Gasteiger partial charge >= 0.3 is 0 Å². The van der Waals surface area contributed by atoms with Crippen molar-refractivity contribution in [3.05, 3.63) is 33.7 Å². The van der Waals surface area contributed by atoms with Gasteiger partial charge in [-0.2, -0.15) is 0 Å². The molecule has 2 heterocycles. The smallest absolute Gasteiger partial charge is 0.149 e. The monoisotopic (exact) mass is 335 g/mol. The van der Waals surface area contributed by atoms with Crippen LogP contribution in [0.3, 0.4) is 0 Å². The molecule has 0 spiro atoms. The van der Waals surface area contributed by atoms with Crippen LogP contribution in [0, 0.1) is 13.8 Å². The highest BCUT2D eigenvalue weighted by Gasteiger charge is 2.18. The maximum absolute atomic E-state index is 5.93. The summed E-state index contributed by atoms with van der Waals surface area (Å²) in [7, 11) is 0. The molecule has 0 fully saturated rings. The molecular formula is C16H18BrNO2. The molecule has 3 nitrogen and oxygen atoms in total. The molecule has 3 aromatic rings. The van der Waals surface area contributed by atoms with Gasteiger partial charge in [0.15, 0.2) is 0 Å². The van der Waals surface area contributed by atoms with Crippen LogP contribution >= 0.6 is 15.9 Å². The van der Waals surface area contributed by atoms with Crippen LogP contribution in [0.25, 0.3) is 21.9 Å². The molecule has 4 heteroatoms. The lowest BCUT2D eigenvalue weighted by Gasteiger charge is -2.05. The number of hydrogen-bond acceptors (Lipinski definition) is 3. The molecule has 2 aromatic heterocycles. The minimum absolute atomic E-state index is 0.727. The molecule has 0 aliphatic heterocycles. The third-order valence-electron chi connectivity index (χ3n) is 3.63. The number of halogens is 1. The van der Waals surface area contributed by atoms with Gasteiger partial charge in [-0.25, -0.2) is 0 Å². The van der Waals surface area contributed by atoms with E-state index in [1.54, 1.807) is 0 Å². The Morgan fingerprint density at radius 1 is 1.00 bits per heavy atom. The molecule has 0 saturated heterocycles. The second-order valence-electron chi connectivity index (χ2n) is 5.24. The van der Waals surface area contributed by atoms with Crippen LogP contribution in [0.2, 0.25) is 0 Å². The lowest BCUT2D eigenvalue weighted by Crippen LogP contribution is -1.99. The van der Waals surface area contributed by atoms with Gasteiger partial charge < -0.3 is 14.6 Å². The van der Waals surface area contributed by atoms with E-state index in [1.165, 1.54) is 5.56 Å². The van der Waals surface area contributed by atoms with Gasteiger partial charge in [-0.3, -0.25) is 0 Å². The van der Waals surface area contributed by atoms with Crippen molar-refractivity contribution in [2.24, 2.45) is 5.73 Å². The lowest BCUT2D eigenvalue weighted by atomic mass is 10.0. The summed E-state index contributed by atoms with van der Waals surface area (Å²) in [5.41, 5.74) is 8.72. The van der Waals surface area contributed by atoms with Gasteiger partial charge in [0.05, 0.1) is 4.47 Å². The number of unbranched alkanes of at least 4 members (excludes halogenated alkanes) is 1. The van der Waals surface area contributed by atoms with E-state index in [0.29, 0.717) is 0 Å². The van der Waals surface area contributed by atoms with Crippen LogP contribution < -0.4 is 5.73 Å². The second-order valence-corrected chi connectivity index (χ2v) is 6.03. The zero-order chi connectivity index (χ0) is 14.3. The van der Waals surface area contributed by atoms with E-state index >= 15 is 0 Å². The summed E-state index contributed by atoms with van der Waals surface area (Å²) in [5.74, 6) is 1.84. The summed E-state index contributed by atoms with van der Waals surface area (Å²) in [6.45, 7) is 4.68. The third kappa shape index (κ3) is 2.17. The first kappa shape index (κ1) is 13.7. The van der Waals surface area contributed by atoms with Crippen LogP contribution in [0.4, 0.5) is 0 Å². The van der Waals surface area contributed by atoms with Crippen molar-refractivity contribution in [1.29, 1.82) is 0 Å². The molecule has 0 unspecified atom stereocenters. The van der Waals surface area contributed by atoms with E-state index in [-0.39, 0.29) is 0 Å². The first-order chi connectivity index (χ1) is 9.61. The maximum atomic E-state index is 5.93. The van der Waals surface area contributed by atoms with Crippen molar-refractivity contribution in [3.63, 3.8) is 0 Å². The van der Waals surface area contributed by atoms with Crippen molar-refractivity contribution in [2.75, 3.05) is 6.54 Å². The van der Waals surface area contributed by atoms with Crippen molar-refractivity contribution in [3.8, 4) is 0 Å². The summed E-state index contributed by atoms with van der Waals surface area (Å²) in [4.78, 5) is 0. The molecular weight excluding hydrogens is 318 g/mol. The zero-order valence-electron chi connectivity index (χ0n) is 11.8. The van der Waals surface area contributed by atoms with E-state index in [0.717, 1.165) is 63.7 Å². The first-order valence-electron chi connectivity index (χ1n) is 6.92. The largest absolute Gasteiger partial charge is 0.461 e. The number of benzene rings is 1. The van der Waals surface area contributed by atoms with Crippen molar-refractivity contribution < 1.29 is 8.83 Å². The zero-order valence-corrected chi connectivity index (χ0v) is 13.3. The van der Waals surface area contributed by atoms with Crippen molar-refractivity contribution in [2.45, 2.75) is 33.1 Å². The Bertz CT molecular complexity index is 712. The topological polar surface area (TPSA) is 52.3 Å². The number of furan rings is 2. The maximum Gasteiger partial charge on any atom is 0.149 e. The third-order valence-corrected chi connectivity index (χ3v) is 4.41. The fourth-order valence-electron chi connectivity index (χ4n) is 2.74. The summed E-state index contributed by atoms with van der Waals surface area (Å²) in [6, 6.07) is 4.15. The standard InChI is InChI=1S/C16H18BrNO2/c1-9-7-12-11(5-3-4-6-18)15-13(8-10(2)19-15)14(17)16(12)20-9/h7-8H,3-6,18H2,1-2H3. The molecule has 20 heavy (non-hydrogen) atoms. The highest BCUT2D eigenvalue weighted by Crippen LogP contribution is 2.40. The Morgan fingerprint density at radius 2 is 1.65 bits per heavy atom. The van der Waals surface area contributed by atoms with Gasteiger partial charge in [-0.05, 0) is 67.7 Å². The Morgan fingerprint density at radius 3 is 2.35 bits per heavy atom. The predicted octanol–water partition coefficient (Wildman–Crippen LogP) is 4.84. The number of nitrogens with two attached hydrogens (primary N) is 1. The van der Waals surface area contributed by atoms with Gasteiger partial charge in [0.1, 0.15) is 22.7 Å². The lowest BCUT2D eigenvalue weighted by molar-refractivity contribution is 0.570. The summed E-state index contributed by atoms with van der Waals surface area (Å²) < 4.78 is 12.8. The van der Waals surface area contributed by atoms with Crippen LogP contribution in [0.1, 0.15) is 29.9 Å². The second kappa shape index (κ2) is 5.26. The van der Waals surface area contributed by atoms with E-state index < -0.39 is 0 Å². The van der Waals surface area contributed by atoms with Crippen LogP contribution in [-0.2, 0) is 6.42 Å². The molecule has 0 bridgehead atoms. The number of hydrogen-bond donors (Lipinski definition) is 1. The molecule has 0 saturated carbocycles. The van der Waals surface area contributed by atoms with Crippen molar-refractivity contribution in [1.82, 2.24) is 0 Å². The Kier molecular flexibility index (Phi) is 3.61. The Balaban J connectivity index is 2.27. The summed E-state index contributed by atoms with van der Waals surface area (Å²) in [5, 5.41) is 2.24. The van der Waals surface area contributed by atoms with Crippen molar-refractivity contribution >= 4 is 37.9 Å². The average molecular weight is 336 g/mol. The quantitative estimate of drug-likeness (QED) is 0.694. The fourth-order valence-corrected chi connectivity index (χ4v) is 3.33. The van der Waals surface area contributed by atoms with E-state index in [1.807, 2.05) is 13.8 Å². The molecule has 0 aliphatic rings. The normalized spacial score (nSPS) is 11.8. The summed E-state index contributed by atoms with van der Waals surface area (Å²) in [6.07, 6.45) is 3.05. The Hall–Kier alpha value is -1.26.